The maximum Gasteiger partial charge on any atom is 0.226 e. The van der Waals surface area contributed by atoms with Gasteiger partial charge in [-0.05, 0) is 79.5 Å². The average molecular weight is 625 g/mol. The number of nitrogens with zero attached hydrogens (tertiary/aromatic N) is 3. The molecule has 0 saturated carbocycles. The third-order valence-corrected chi connectivity index (χ3v) is 8.54. The first-order chi connectivity index (χ1) is 19.9. The number of fused-ring (bicyclic) bond motifs is 1. The zero-order valence-electron chi connectivity index (χ0n) is 22.8. The van der Waals surface area contributed by atoms with Crippen LogP contribution in [0.2, 0.25) is 0 Å². The Hall–Kier alpha value is -4.01. The molecule has 2 aromatic heterocycles. The summed E-state index contributed by atoms with van der Waals surface area (Å²) in [5, 5.41) is 9.38. The van der Waals surface area contributed by atoms with E-state index < -0.39 is 0 Å². The number of thiocarbonyl (C=S) groups is 1. The summed E-state index contributed by atoms with van der Waals surface area (Å²) in [5.74, 6) is -0.0520. The van der Waals surface area contributed by atoms with E-state index in [1.54, 1.807) is 0 Å². The van der Waals surface area contributed by atoms with Gasteiger partial charge in [0.25, 0.3) is 0 Å². The highest BCUT2D eigenvalue weighted by Gasteiger charge is 2.41. The van der Waals surface area contributed by atoms with Crippen molar-refractivity contribution in [3.05, 3.63) is 124 Å². The van der Waals surface area contributed by atoms with E-state index in [1.807, 2.05) is 79.0 Å². The van der Waals surface area contributed by atoms with Gasteiger partial charge in [0.1, 0.15) is 0 Å². The van der Waals surface area contributed by atoms with Gasteiger partial charge in [-0.2, -0.15) is 0 Å². The molecule has 1 amide bonds. The standard InChI is InChI=1S/C33H30BrN5OS/c1-21-19-27(22(2)39(21)25-12-8-11-24(34)20-25)32-31(29-14-5-6-17-35-29)37-33(41)38(32)18-16-30(40)36-28-15-7-10-23-9-3-4-13-26(23)28/h3-15,17,19-20,31-32H,16,18H2,1-2H3,(H,36,40)(H,37,41)/t31-,32+/m1/s1. The first-order valence-corrected chi connectivity index (χ1v) is 14.8. The van der Waals surface area contributed by atoms with Gasteiger partial charge in [0.15, 0.2) is 5.11 Å². The Morgan fingerprint density at radius 1 is 1.00 bits per heavy atom. The fraction of sp³-hybridized carbons (Fsp3) is 0.182. The van der Waals surface area contributed by atoms with E-state index in [9.17, 15) is 4.79 Å². The van der Waals surface area contributed by atoms with Crippen LogP contribution in [0.4, 0.5) is 5.69 Å². The monoisotopic (exact) mass is 623 g/mol. The number of benzene rings is 3. The van der Waals surface area contributed by atoms with Crippen molar-refractivity contribution < 1.29 is 4.79 Å². The van der Waals surface area contributed by atoms with Crippen molar-refractivity contribution in [2.45, 2.75) is 32.4 Å². The van der Waals surface area contributed by atoms with Crippen LogP contribution in [0.15, 0.2) is 102 Å². The van der Waals surface area contributed by atoms with E-state index in [-0.39, 0.29) is 18.0 Å². The van der Waals surface area contributed by atoms with E-state index in [0.29, 0.717) is 18.1 Å². The van der Waals surface area contributed by atoms with E-state index >= 15 is 0 Å². The third kappa shape index (κ3) is 5.37. The number of aromatic nitrogens is 2. The Kier molecular flexibility index (Phi) is 7.60. The van der Waals surface area contributed by atoms with Crippen molar-refractivity contribution >= 4 is 55.6 Å². The Labute approximate surface area is 253 Å². The van der Waals surface area contributed by atoms with Crippen molar-refractivity contribution in [3.63, 3.8) is 0 Å². The van der Waals surface area contributed by atoms with E-state index in [0.717, 1.165) is 49.3 Å². The predicted octanol–water partition coefficient (Wildman–Crippen LogP) is 7.41. The molecule has 206 valence electrons. The SMILES string of the molecule is Cc1cc([C@H]2[C@@H](c3ccccn3)NC(=S)N2CCC(=O)Nc2cccc3ccccc23)c(C)n1-c1cccc(Br)c1. The van der Waals surface area contributed by atoms with Gasteiger partial charge < -0.3 is 20.1 Å². The minimum absolute atomic E-state index is 0.0520. The molecule has 1 aliphatic rings. The Morgan fingerprint density at radius 2 is 1.78 bits per heavy atom. The molecule has 6 nitrogen and oxygen atoms in total. The van der Waals surface area contributed by atoms with Gasteiger partial charge in [-0.15, -0.1) is 0 Å². The van der Waals surface area contributed by atoms with Crippen LogP contribution < -0.4 is 10.6 Å². The number of anilines is 1. The maximum atomic E-state index is 13.2. The van der Waals surface area contributed by atoms with E-state index in [1.165, 1.54) is 0 Å². The lowest BCUT2D eigenvalue weighted by Crippen LogP contribution is -2.33. The highest BCUT2D eigenvalue weighted by Crippen LogP contribution is 2.41. The molecule has 1 aliphatic heterocycles. The Morgan fingerprint density at radius 3 is 2.59 bits per heavy atom. The zero-order valence-corrected chi connectivity index (χ0v) is 25.2. The van der Waals surface area contributed by atoms with Crippen LogP contribution in [0.25, 0.3) is 16.5 Å². The van der Waals surface area contributed by atoms with Crippen LogP contribution in [-0.2, 0) is 4.79 Å². The van der Waals surface area contributed by atoms with Gasteiger partial charge in [0.05, 0.1) is 17.8 Å². The molecule has 0 bridgehead atoms. The summed E-state index contributed by atoms with van der Waals surface area (Å²) in [6.45, 7) is 4.73. The number of carbonyl (C=O) groups is 1. The maximum absolute atomic E-state index is 13.2. The molecule has 0 unspecified atom stereocenters. The summed E-state index contributed by atoms with van der Waals surface area (Å²) in [4.78, 5) is 20.1. The minimum atomic E-state index is -0.152. The number of pyridine rings is 1. The van der Waals surface area contributed by atoms with Crippen LogP contribution in [-0.4, -0.2) is 32.0 Å². The second-order valence-corrected chi connectivity index (χ2v) is 11.6. The molecule has 5 aromatic rings. The summed E-state index contributed by atoms with van der Waals surface area (Å²) in [5.41, 5.74) is 6.22. The summed E-state index contributed by atoms with van der Waals surface area (Å²) >= 11 is 9.49. The van der Waals surface area contributed by atoms with E-state index in [2.05, 4.69) is 73.1 Å². The Bertz CT molecular complexity index is 1750. The van der Waals surface area contributed by atoms with Gasteiger partial charge in [-0.1, -0.05) is 64.5 Å². The van der Waals surface area contributed by atoms with E-state index in [4.69, 9.17) is 12.2 Å². The summed E-state index contributed by atoms with van der Waals surface area (Å²) in [6.07, 6.45) is 2.10. The molecule has 1 fully saturated rings. The topological polar surface area (TPSA) is 62.2 Å². The first-order valence-electron chi connectivity index (χ1n) is 13.6. The predicted molar refractivity (Wildman–Crippen MR) is 172 cm³/mol. The van der Waals surface area contributed by atoms with Gasteiger partial charge in [0, 0.05) is 51.8 Å². The van der Waals surface area contributed by atoms with Crippen molar-refractivity contribution in [1.82, 2.24) is 19.8 Å². The van der Waals surface area contributed by atoms with Gasteiger partial charge in [-0.3, -0.25) is 9.78 Å². The summed E-state index contributed by atoms with van der Waals surface area (Å²) < 4.78 is 3.29. The fourth-order valence-corrected chi connectivity index (χ4v) is 6.57. The largest absolute Gasteiger partial charge is 0.352 e. The number of hydrogen-bond acceptors (Lipinski definition) is 3. The van der Waals surface area contributed by atoms with Crippen LogP contribution in [0.3, 0.4) is 0 Å². The van der Waals surface area contributed by atoms with Gasteiger partial charge in [0.2, 0.25) is 5.91 Å². The molecule has 2 N–H and O–H groups in total. The van der Waals surface area contributed by atoms with Crippen LogP contribution in [0, 0.1) is 13.8 Å². The molecule has 6 rings (SSSR count). The molecule has 41 heavy (non-hydrogen) atoms. The molecular formula is C33H30BrN5OS. The summed E-state index contributed by atoms with van der Waals surface area (Å²) in [6, 6.07) is 30.2. The lowest BCUT2D eigenvalue weighted by Gasteiger charge is -2.28. The van der Waals surface area contributed by atoms with Crippen LogP contribution in [0.5, 0.6) is 0 Å². The average Bonchev–Trinajstić information content (AvgIpc) is 3.46. The van der Waals surface area contributed by atoms with Gasteiger partial charge in [-0.25, -0.2) is 0 Å². The second kappa shape index (κ2) is 11.5. The smallest absolute Gasteiger partial charge is 0.226 e. The molecule has 0 aliphatic carbocycles. The number of amides is 1. The number of nitrogens with one attached hydrogen (secondary N) is 2. The molecule has 2 atom stereocenters. The second-order valence-electron chi connectivity index (χ2n) is 10.3. The lowest BCUT2D eigenvalue weighted by atomic mass is 9.96. The van der Waals surface area contributed by atoms with Crippen LogP contribution in [0.1, 0.15) is 41.1 Å². The number of hydrogen-bond donors (Lipinski definition) is 2. The van der Waals surface area contributed by atoms with Crippen molar-refractivity contribution in [2.24, 2.45) is 0 Å². The number of aryl methyl sites for hydroxylation is 1. The quantitative estimate of drug-likeness (QED) is 0.185. The molecule has 3 aromatic carbocycles. The van der Waals surface area contributed by atoms with Crippen LogP contribution >= 0.6 is 28.1 Å². The molecule has 8 heteroatoms. The first kappa shape index (κ1) is 27.2. The minimum Gasteiger partial charge on any atom is -0.352 e. The number of rotatable bonds is 7. The number of carbonyl (C=O) groups excluding carboxylic acids is 1. The molecule has 1 saturated heterocycles. The zero-order chi connectivity index (χ0) is 28.5. The fourth-order valence-electron chi connectivity index (χ4n) is 5.85. The molecule has 0 spiro atoms. The Balaban J connectivity index is 1.31. The van der Waals surface area contributed by atoms with Crippen molar-refractivity contribution in [2.75, 3.05) is 11.9 Å². The van der Waals surface area contributed by atoms with Crippen molar-refractivity contribution in [3.8, 4) is 5.69 Å². The summed E-state index contributed by atoms with van der Waals surface area (Å²) in [7, 11) is 0. The molecule has 3 heterocycles. The number of halogens is 1. The highest BCUT2D eigenvalue weighted by molar-refractivity contribution is 9.10. The highest BCUT2D eigenvalue weighted by atomic mass is 79.9. The molecule has 0 radical (unpaired) electrons. The molecular weight excluding hydrogens is 594 g/mol. The normalized spacial score (nSPS) is 16.7. The lowest BCUT2D eigenvalue weighted by molar-refractivity contribution is -0.116. The van der Waals surface area contributed by atoms with Crippen molar-refractivity contribution in [1.29, 1.82) is 0 Å². The van der Waals surface area contributed by atoms with Gasteiger partial charge >= 0.3 is 0 Å². The third-order valence-electron chi connectivity index (χ3n) is 7.70.